The van der Waals surface area contributed by atoms with Crippen LogP contribution in [0.4, 0.5) is 35.4 Å². The molecule has 2 aromatic rings. The minimum Gasteiger partial charge on any atom is -0.489 e. The summed E-state index contributed by atoms with van der Waals surface area (Å²) in [6.45, 7) is 16.2. The Kier molecular flexibility index (Phi) is 11.9. The molecule has 0 aromatic heterocycles. The Balaban J connectivity index is 0.000000266. The Morgan fingerprint density at radius 3 is 1.78 bits per heavy atom. The lowest BCUT2D eigenvalue weighted by Gasteiger charge is -2.23. The fourth-order valence-corrected chi connectivity index (χ4v) is 4.52. The number of hydrogen-bond acceptors (Lipinski definition) is 9. The fraction of sp³-hybridized carbons (Fsp3) is 0.485. The third kappa shape index (κ3) is 10.6. The molecule has 0 fully saturated rings. The Hall–Kier alpha value is -5.33. The fourth-order valence-electron chi connectivity index (χ4n) is 4.52. The van der Waals surface area contributed by atoms with E-state index in [9.17, 15) is 28.0 Å². The van der Waals surface area contributed by atoms with Crippen LogP contribution < -0.4 is 34.6 Å². The Labute approximate surface area is 283 Å². The lowest BCUT2D eigenvalue weighted by Crippen LogP contribution is -2.50. The van der Waals surface area contributed by atoms with Gasteiger partial charge in [-0.3, -0.25) is 9.59 Å². The molecular weight excluding hydrogens is 648 g/mol. The van der Waals surface area contributed by atoms with Gasteiger partial charge in [-0.25, -0.2) is 14.4 Å². The molecule has 2 aromatic carbocycles. The van der Waals surface area contributed by atoms with E-state index >= 15 is 0 Å². The number of anilines is 2. The molecule has 2 atom stereocenters. The number of hydrogen-bond donors (Lipinski definition) is 2. The van der Waals surface area contributed by atoms with Gasteiger partial charge in [0.25, 0.3) is 11.8 Å². The van der Waals surface area contributed by atoms with Crippen molar-refractivity contribution in [1.82, 2.24) is 10.6 Å². The molecule has 0 radical (unpaired) electrons. The van der Waals surface area contributed by atoms with Crippen molar-refractivity contribution in [2.45, 2.75) is 78.4 Å². The van der Waals surface area contributed by atoms with E-state index in [0.717, 1.165) is 5.56 Å². The summed E-state index contributed by atoms with van der Waals surface area (Å²) in [7, 11) is 3.08. The van der Waals surface area contributed by atoms with Crippen molar-refractivity contribution < 1.29 is 51.6 Å². The van der Waals surface area contributed by atoms with E-state index < -0.39 is 48.0 Å². The van der Waals surface area contributed by atoms with Gasteiger partial charge < -0.3 is 44.1 Å². The van der Waals surface area contributed by atoms with Crippen LogP contribution in [0.5, 0.6) is 17.2 Å². The highest BCUT2D eigenvalue weighted by Gasteiger charge is 2.34. The molecule has 2 N–H and O–H groups in total. The van der Waals surface area contributed by atoms with E-state index in [1.807, 2.05) is 0 Å². The van der Waals surface area contributed by atoms with E-state index in [0.29, 0.717) is 22.8 Å². The number of fused-ring (bicyclic) bond motifs is 2. The molecule has 0 unspecified atom stereocenters. The van der Waals surface area contributed by atoms with E-state index in [4.69, 9.17) is 25.5 Å². The zero-order chi connectivity index (χ0) is 36.8. The van der Waals surface area contributed by atoms with Crippen LogP contribution in [0.25, 0.3) is 4.85 Å². The maximum Gasteiger partial charge on any atom is 0.408 e. The number of ether oxygens (including phenoxy) is 5. The molecule has 0 spiro atoms. The van der Waals surface area contributed by atoms with Crippen LogP contribution in [0.1, 0.15) is 47.1 Å². The third-order valence-corrected chi connectivity index (χ3v) is 6.73. The van der Waals surface area contributed by atoms with Gasteiger partial charge in [-0.1, -0.05) is 0 Å². The summed E-state index contributed by atoms with van der Waals surface area (Å²) in [5, 5.41) is 4.98. The second-order valence-corrected chi connectivity index (χ2v) is 13.0. The molecule has 4 rings (SSSR count). The number of nitrogens with zero attached hydrogens (tertiary/aromatic N) is 3. The van der Waals surface area contributed by atoms with Gasteiger partial charge in [0.2, 0.25) is 0 Å². The van der Waals surface area contributed by atoms with Gasteiger partial charge >= 0.3 is 18.8 Å². The largest absolute Gasteiger partial charge is 0.489 e. The molecule has 266 valence electrons. The molecule has 0 bridgehead atoms. The van der Waals surface area contributed by atoms with E-state index in [1.54, 1.807) is 67.6 Å². The van der Waals surface area contributed by atoms with Gasteiger partial charge in [0.15, 0.2) is 5.69 Å². The van der Waals surface area contributed by atoms with Gasteiger partial charge in [-0.15, -0.1) is 0 Å². The number of carbonyl (C=O) groups is 4. The molecule has 0 saturated carbocycles. The number of benzene rings is 2. The summed E-state index contributed by atoms with van der Waals surface area (Å²) < 4.78 is 50.5. The minimum atomic E-state index is -2.97. The first-order chi connectivity index (χ1) is 22.7. The monoisotopic (exact) mass is 689 g/mol. The molecule has 2 aliphatic heterocycles. The number of likely N-dealkylation sites (N-methyl/N-ethyl adjacent to an activating group) is 2. The second kappa shape index (κ2) is 15.3. The van der Waals surface area contributed by atoms with Crippen LogP contribution in [0.2, 0.25) is 0 Å². The minimum absolute atomic E-state index is 0.00772. The molecule has 2 heterocycles. The number of alkyl carbamates (subject to hydrolysis) is 2. The maximum atomic E-state index is 12.6. The molecule has 14 nitrogen and oxygen atoms in total. The number of nitrogens with one attached hydrogen (secondary N) is 2. The highest BCUT2D eigenvalue weighted by molar-refractivity contribution is 6.01. The number of amides is 4. The lowest BCUT2D eigenvalue weighted by atomic mass is 10.1. The number of carbonyl (C=O) groups excluding carboxylic acids is 4. The van der Waals surface area contributed by atoms with Crippen molar-refractivity contribution in [3.63, 3.8) is 0 Å². The van der Waals surface area contributed by atoms with E-state index in [2.05, 4.69) is 20.2 Å². The molecular formula is C33H41F2N5O9. The first-order valence-electron chi connectivity index (χ1n) is 15.1. The summed E-state index contributed by atoms with van der Waals surface area (Å²) in [6.07, 6.45) is -1.43. The highest BCUT2D eigenvalue weighted by atomic mass is 19.3. The Morgan fingerprint density at radius 2 is 1.33 bits per heavy atom. The van der Waals surface area contributed by atoms with Crippen LogP contribution in [-0.2, 0) is 19.1 Å². The quantitative estimate of drug-likeness (QED) is 0.406. The lowest BCUT2D eigenvalue weighted by molar-refractivity contribution is -0.121. The summed E-state index contributed by atoms with van der Waals surface area (Å²) >= 11 is 0. The Morgan fingerprint density at radius 1 is 0.857 bits per heavy atom. The molecule has 49 heavy (non-hydrogen) atoms. The summed E-state index contributed by atoms with van der Waals surface area (Å²) in [5.41, 5.74) is 0.730. The van der Waals surface area contributed by atoms with Crippen molar-refractivity contribution >= 4 is 41.1 Å². The number of alkyl halides is 2. The molecule has 0 saturated heterocycles. The highest BCUT2D eigenvalue weighted by Crippen LogP contribution is 2.37. The summed E-state index contributed by atoms with van der Waals surface area (Å²) in [6, 6.07) is 5.50. The van der Waals surface area contributed by atoms with Gasteiger partial charge in [0, 0.05) is 20.2 Å². The van der Waals surface area contributed by atoms with Crippen LogP contribution in [-0.4, -0.2) is 81.2 Å². The third-order valence-electron chi connectivity index (χ3n) is 6.73. The number of rotatable bonds is 4. The summed E-state index contributed by atoms with van der Waals surface area (Å²) in [5.74, 6) is -0.147. The SMILES string of the molecule is CN1C(=O)[C@@H](NC(=O)OC(C)(C)C)COc2cc(OC(F)F)ccc21.[C-]#[N+]c1cc2c(cc1C)OC[C@H](NC(=O)OC(C)(C)C)C(=O)N2C. The van der Waals surface area contributed by atoms with Gasteiger partial charge in [0.05, 0.1) is 17.9 Å². The second-order valence-electron chi connectivity index (χ2n) is 13.0. The molecule has 16 heteroatoms. The molecule has 2 aliphatic rings. The smallest absolute Gasteiger partial charge is 0.408 e. The maximum absolute atomic E-state index is 12.6. The van der Waals surface area contributed by atoms with E-state index in [1.165, 1.54) is 35.0 Å². The zero-order valence-electron chi connectivity index (χ0n) is 28.8. The average Bonchev–Trinajstić information content (AvgIpc) is 3.15. The first-order valence-corrected chi connectivity index (χ1v) is 15.1. The zero-order valence-corrected chi connectivity index (χ0v) is 28.8. The van der Waals surface area contributed by atoms with Crippen molar-refractivity contribution in [2.75, 3.05) is 37.1 Å². The first kappa shape index (κ1) is 38.1. The molecule has 0 aliphatic carbocycles. The molecule has 4 amide bonds. The van der Waals surface area contributed by atoms with Gasteiger partial charge in [-0.2, -0.15) is 8.78 Å². The standard InChI is InChI=1S/C17H21N3O4.C16H20F2N2O5/c1-10-7-14-13(8-11(10)18-5)20(6)15(21)12(9-23-14)19-16(22)24-17(2,3)4;1-16(2,3)25-15(22)19-10-8-23-12-7-9(24-14(17)18)5-6-11(12)20(4)13(10)21/h7-8,12H,9H2,1-4,6H3,(H,19,22);5-7,10,14H,8H2,1-4H3,(H,19,22)/t12-;10-/m00/s1. The van der Waals surface area contributed by atoms with Crippen LogP contribution in [0.15, 0.2) is 30.3 Å². The predicted octanol–water partition coefficient (Wildman–Crippen LogP) is 5.33. The summed E-state index contributed by atoms with van der Waals surface area (Å²) in [4.78, 5) is 55.0. The van der Waals surface area contributed by atoms with Crippen LogP contribution >= 0.6 is 0 Å². The van der Waals surface area contributed by atoms with Crippen molar-refractivity contribution in [3.8, 4) is 17.2 Å². The predicted molar refractivity (Wildman–Crippen MR) is 175 cm³/mol. The van der Waals surface area contributed by atoms with Crippen LogP contribution in [0.3, 0.4) is 0 Å². The number of aryl methyl sites for hydroxylation is 1. The van der Waals surface area contributed by atoms with Gasteiger partial charge in [0.1, 0.15) is 53.7 Å². The van der Waals surface area contributed by atoms with Crippen molar-refractivity contribution in [1.29, 1.82) is 0 Å². The van der Waals surface area contributed by atoms with Crippen LogP contribution in [0, 0.1) is 13.5 Å². The van der Waals surface area contributed by atoms with Crippen molar-refractivity contribution in [2.24, 2.45) is 0 Å². The van der Waals surface area contributed by atoms with Gasteiger partial charge in [-0.05, 0) is 78.3 Å². The number of halogens is 2. The van der Waals surface area contributed by atoms with Crippen molar-refractivity contribution in [3.05, 3.63) is 47.3 Å². The van der Waals surface area contributed by atoms with E-state index in [-0.39, 0.29) is 30.6 Å². The average molecular weight is 690 g/mol. The normalized spacial score (nSPS) is 17.4. The topological polar surface area (TPSA) is 149 Å². The Bertz CT molecular complexity index is 1620.